The molecule has 2 atom stereocenters. The van der Waals surface area contributed by atoms with E-state index in [0.29, 0.717) is 0 Å². The average molecular weight is 312 g/mol. The van der Waals surface area contributed by atoms with Crippen LogP contribution in [0.3, 0.4) is 0 Å². The number of nitrogens with zero attached hydrogens (tertiary/aromatic N) is 2. The molecule has 106 valence electrons. The summed E-state index contributed by atoms with van der Waals surface area (Å²) in [5.74, 6) is 0.566. The van der Waals surface area contributed by atoms with Crippen molar-refractivity contribution < 1.29 is 38.0 Å². The first-order valence-corrected chi connectivity index (χ1v) is 8.30. The first-order valence-electron chi connectivity index (χ1n) is 6.86. The van der Waals surface area contributed by atoms with Gasteiger partial charge in [0.2, 0.25) is 0 Å². The number of fused-ring (bicyclic) bond motifs is 2. The van der Waals surface area contributed by atoms with Gasteiger partial charge in [0.05, 0.1) is 4.90 Å². The molecule has 0 N–H and O–H groups in total. The summed E-state index contributed by atoms with van der Waals surface area (Å²) >= 11 is 0. The molecule has 6 heteroatoms. The Bertz CT molecular complexity index is 649. The van der Waals surface area contributed by atoms with Crippen LogP contribution in [0.25, 0.3) is 4.83 Å². The summed E-state index contributed by atoms with van der Waals surface area (Å²) in [6.07, 6.45) is 7.53. The van der Waals surface area contributed by atoms with Crippen LogP contribution in [0, 0.1) is 18.8 Å². The molecular formula is C15H17N2NaO2S. The number of hydrogen-bond acceptors (Lipinski definition) is 3. The molecule has 0 saturated heterocycles. The van der Waals surface area contributed by atoms with E-state index in [0.717, 1.165) is 24.1 Å². The van der Waals surface area contributed by atoms with Crippen molar-refractivity contribution in [2.75, 3.05) is 0 Å². The van der Waals surface area contributed by atoms with E-state index in [9.17, 15) is 8.42 Å². The van der Waals surface area contributed by atoms with Gasteiger partial charge in [-0.1, -0.05) is 36.3 Å². The third kappa shape index (κ3) is 3.59. The maximum Gasteiger partial charge on any atom is 1.00 e. The number of rotatable bonds is 3. The number of benzene rings is 1. The third-order valence-corrected chi connectivity index (χ3v) is 5.11. The molecule has 2 aliphatic rings. The van der Waals surface area contributed by atoms with Crippen LogP contribution >= 0.6 is 0 Å². The molecule has 1 aromatic carbocycles. The van der Waals surface area contributed by atoms with Crippen LogP contribution in [0.15, 0.2) is 46.4 Å². The molecule has 1 saturated carbocycles. The fourth-order valence-electron chi connectivity index (χ4n) is 2.79. The van der Waals surface area contributed by atoms with Crippen molar-refractivity contribution in [2.45, 2.75) is 31.1 Å². The Labute approximate surface area is 148 Å². The molecule has 0 radical (unpaired) electrons. The van der Waals surface area contributed by atoms with Crippen molar-refractivity contribution >= 4 is 15.7 Å². The van der Waals surface area contributed by atoms with E-state index in [1.54, 1.807) is 24.3 Å². The van der Waals surface area contributed by atoms with Crippen molar-refractivity contribution in [1.29, 1.82) is 0 Å². The van der Waals surface area contributed by atoms with Gasteiger partial charge in [-0.3, -0.25) is 0 Å². The Morgan fingerprint density at radius 2 is 1.67 bits per heavy atom. The van der Waals surface area contributed by atoms with Crippen LogP contribution in [0.2, 0.25) is 0 Å². The van der Waals surface area contributed by atoms with E-state index in [2.05, 4.69) is 22.1 Å². The van der Waals surface area contributed by atoms with Gasteiger partial charge in [0.25, 0.3) is 0 Å². The first-order chi connectivity index (χ1) is 9.56. The molecule has 0 aliphatic heterocycles. The van der Waals surface area contributed by atoms with E-state index in [1.807, 2.05) is 6.92 Å². The average Bonchev–Trinajstić information content (AvgIpc) is 2.65. The van der Waals surface area contributed by atoms with Gasteiger partial charge in [0.15, 0.2) is 0 Å². The Kier molecular flexibility index (Phi) is 5.30. The molecule has 0 heterocycles. The van der Waals surface area contributed by atoms with Crippen molar-refractivity contribution in [2.24, 2.45) is 16.9 Å². The maximum absolute atomic E-state index is 12.1. The monoisotopic (exact) mass is 312 g/mol. The zero-order chi connectivity index (χ0) is 14.2. The fraction of sp³-hybridized carbons (Fsp3) is 0.400. The summed E-state index contributed by atoms with van der Waals surface area (Å²) in [5.41, 5.74) is 1.93. The molecular weight excluding hydrogens is 295 g/mol. The topological polar surface area (TPSA) is 60.6 Å². The van der Waals surface area contributed by atoms with Gasteiger partial charge >= 0.3 is 29.6 Å². The minimum absolute atomic E-state index is 0. The van der Waals surface area contributed by atoms with Gasteiger partial charge in [0, 0.05) is 17.5 Å². The normalized spacial score (nSPS) is 23.6. The van der Waals surface area contributed by atoms with E-state index < -0.39 is 10.0 Å². The molecule has 21 heavy (non-hydrogen) atoms. The Hall–Kier alpha value is -0.620. The van der Waals surface area contributed by atoms with E-state index >= 15 is 0 Å². The molecule has 4 nitrogen and oxygen atoms in total. The number of allylic oxidation sites excluding steroid dienone is 2. The van der Waals surface area contributed by atoms with E-state index in [1.165, 1.54) is 6.42 Å². The standard InChI is InChI=1S/C15H17N2O2S.Na/c1-11-5-9-14(10-6-11)20(18,19)17-16-15-12-3-2-4-13(15)8-7-12;/h5-10,12-13H,2-4H2,1H3;/q-1;+1. The zero-order valence-electron chi connectivity index (χ0n) is 12.4. The summed E-state index contributed by atoms with van der Waals surface area (Å²) < 4.78 is 24.3. The smallest absolute Gasteiger partial charge is 0.491 e. The Morgan fingerprint density at radius 1 is 1.10 bits per heavy atom. The number of hydrogen-bond donors (Lipinski definition) is 0. The Morgan fingerprint density at radius 3 is 2.24 bits per heavy atom. The third-order valence-electron chi connectivity index (χ3n) is 3.95. The van der Waals surface area contributed by atoms with Crippen LogP contribution in [-0.2, 0) is 10.0 Å². The first kappa shape index (κ1) is 16.7. The quantitative estimate of drug-likeness (QED) is 0.461. The number of sulfonamides is 1. The van der Waals surface area contributed by atoms with Gasteiger partial charge in [0.1, 0.15) is 10.0 Å². The molecule has 0 aromatic heterocycles. The zero-order valence-corrected chi connectivity index (χ0v) is 15.2. The summed E-state index contributed by atoms with van der Waals surface area (Å²) in [6, 6.07) is 6.67. The summed E-state index contributed by atoms with van der Waals surface area (Å²) in [4.78, 5) is 3.84. The van der Waals surface area contributed by atoms with E-state index in [4.69, 9.17) is 0 Å². The van der Waals surface area contributed by atoms with Gasteiger partial charge < -0.3 is 9.93 Å². The molecule has 1 aromatic rings. The van der Waals surface area contributed by atoms with Gasteiger partial charge in [-0.25, -0.2) is 8.42 Å². The van der Waals surface area contributed by atoms with Crippen LogP contribution in [0.1, 0.15) is 24.8 Å². The summed E-state index contributed by atoms with van der Waals surface area (Å²) in [6.45, 7) is 1.92. The molecule has 2 aliphatic carbocycles. The largest absolute Gasteiger partial charge is 1.00 e. The molecule has 0 amide bonds. The molecule has 0 spiro atoms. The van der Waals surface area contributed by atoms with Crippen molar-refractivity contribution in [3.8, 4) is 0 Å². The predicted octanol–water partition coefficient (Wildman–Crippen LogP) is 0.404. The molecule has 2 bridgehead atoms. The van der Waals surface area contributed by atoms with Crippen LogP contribution in [-0.4, -0.2) is 14.1 Å². The molecule has 2 unspecified atom stereocenters. The number of aryl methyl sites for hydroxylation is 1. The second-order valence-electron chi connectivity index (χ2n) is 5.42. The van der Waals surface area contributed by atoms with Gasteiger partial charge in [-0.2, -0.15) is 0 Å². The van der Waals surface area contributed by atoms with Crippen LogP contribution in [0.5, 0.6) is 0 Å². The summed E-state index contributed by atoms with van der Waals surface area (Å²) in [5, 5.41) is 4.07. The summed E-state index contributed by atoms with van der Waals surface area (Å²) in [7, 11) is -3.69. The second-order valence-corrected chi connectivity index (χ2v) is 7.01. The maximum atomic E-state index is 12.1. The molecule has 1 fully saturated rings. The Balaban J connectivity index is 0.00000161. The SMILES string of the molecule is Cc1ccc(S(=O)(=O)[N-]N=C2C3C=CC2CCC3)cc1.[Na+]. The van der Waals surface area contributed by atoms with Crippen molar-refractivity contribution in [1.82, 2.24) is 0 Å². The minimum Gasteiger partial charge on any atom is -0.491 e. The van der Waals surface area contributed by atoms with Gasteiger partial charge in [-0.15, -0.1) is 0 Å². The fourth-order valence-corrected chi connectivity index (χ4v) is 3.57. The predicted molar refractivity (Wildman–Crippen MR) is 79.1 cm³/mol. The molecule has 3 rings (SSSR count). The van der Waals surface area contributed by atoms with Crippen LogP contribution in [0.4, 0.5) is 0 Å². The van der Waals surface area contributed by atoms with Gasteiger partial charge in [-0.05, 0) is 31.9 Å². The van der Waals surface area contributed by atoms with Crippen molar-refractivity contribution in [3.63, 3.8) is 0 Å². The second kappa shape index (κ2) is 6.65. The van der Waals surface area contributed by atoms with Crippen LogP contribution < -0.4 is 29.6 Å². The van der Waals surface area contributed by atoms with E-state index in [-0.39, 0.29) is 46.3 Å². The van der Waals surface area contributed by atoms with Crippen molar-refractivity contribution in [3.05, 3.63) is 46.8 Å². The minimum atomic E-state index is -3.69.